The third-order valence-electron chi connectivity index (χ3n) is 4.40. The van der Waals surface area contributed by atoms with Crippen molar-refractivity contribution < 1.29 is 4.79 Å². The van der Waals surface area contributed by atoms with Gasteiger partial charge in [-0.2, -0.15) is 0 Å². The Kier molecular flexibility index (Phi) is 4.88. The van der Waals surface area contributed by atoms with Gasteiger partial charge in [-0.1, -0.05) is 18.2 Å². The largest absolute Gasteiger partial charge is 0.336 e. The smallest absolute Gasteiger partial charge is 0.253 e. The summed E-state index contributed by atoms with van der Waals surface area (Å²) in [4.78, 5) is 14.4. The van der Waals surface area contributed by atoms with Crippen molar-refractivity contribution in [1.29, 1.82) is 0 Å². The normalized spacial score (nSPS) is 14.4. The topological polar surface area (TPSA) is 37.3 Å². The standard InChI is InChI=1S/C19H19N3O.ClH/c23-19(21-13-10-20-11-14-21)16-5-7-17(8-6-16)22-12-9-15-3-1-2-4-18(15)22;/h1-9,12,20H,10-11,13-14H2;1H. The van der Waals surface area contributed by atoms with Gasteiger partial charge in [0.15, 0.2) is 0 Å². The molecule has 1 saturated heterocycles. The molecule has 0 saturated carbocycles. The fourth-order valence-corrected chi connectivity index (χ4v) is 3.12. The molecule has 0 bridgehead atoms. The molecule has 24 heavy (non-hydrogen) atoms. The highest BCUT2D eigenvalue weighted by molar-refractivity contribution is 5.94. The number of hydrogen-bond acceptors (Lipinski definition) is 2. The second-order valence-corrected chi connectivity index (χ2v) is 5.83. The molecule has 0 unspecified atom stereocenters. The summed E-state index contributed by atoms with van der Waals surface area (Å²) in [5.41, 5.74) is 3.00. The molecule has 1 N–H and O–H groups in total. The van der Waals surface area contributed by atoms with E-state index in [9.17, 15) is 4.79 Å². The summed E-state index contributed by atoms with van der Waals surface area (Å²) in [6, 6.07) is 18.3. The first kappa shape index (κ1) is 16.6. The first-order valence-corrected chi connectivity index (χ1v) is 7.99. The Bertz CT molecular complexity index is 835. The van der Waals surface area contributed by atoms with Gasteiger partial charge in [-0.05, 0) is 41.8 Å². The quantitative estimate of drug-likeness (QED) is 0.777. The van der Waals surface area contributed by atoms with E-state index in [0.29, 0.717) is 0 Å². The summed E-state index contributed by atoms with van der Waals surface area (Å²) in [6.45, 7) is 3.31. The number of carbonyl (C=O) groups excluding carboxylic acids is 1. The number of rotatable bonds is 2. The number of fused-ring (bicyclic) bond motifs is 1. The van der Waals surface area contributed by atoms with Crippen molar-refractivity contribution in [1.82, 2.24) is 14.8 Å². The van der Waals surface area contributed by atoms with Crippen LogP contribution in [0.1, 0.15) is 10.4 Å². The van der Waals surface area contributed by atoms with Gasteiger partial charge in [0.05, 0.1) is 5.52 Å². The highest BCUT2D eigenvalue weighted by Crippen LogP contribution is 2.20. The highest BCUT2D eigenvalue weighted by atomic mass is 35.5. The van der Waals surface area contributed by atoms with Gasteiger partial charge in [-0.3, -0.25) is 4.79 Å². The number of nitrogens with zero attached hydrogens (tertiary/aromatic N) is 2. The zero-order chi connectivity index (χ0) is 15.6. The second-order valence-electron chi connectivity index (χ2n) is 5.83. The molecule has 0 radical (unpaired) electrons. The molecular formula is C19H20ClN3O. The van der Waals surface area contributed by atoms with Gasteiger partial charge < -0.3 is 14.8 Å². The molecule has 0 atom stereocenters. The van der Waals surface area contributed by atoms with E-state index in [1.54, 1.807) is 0 Å². The zero-order valence-electron chi connectivity index (χ0n) is 13.3. The zero-order valence-corrected chi connectivity index (χ0v) is 14.1. The van der Waals surface area contributed by atoms with Crippen LogP contribution in [0.25, 0.3) is 16.6 Å². The molecule has 2 heterocycles. The molecule has 1 amide bonds. The van der Waals surface area contributed by atoms with Gasteiger partial charge in [0.2, 0.25) is 0 Å². The van der Waals surface area contributed by atoms with Gasteiger partial charge in [0.25, 0.3) is 5.91 Å². The number of piperazine rings is 1. The number of para-hydroxylation sites is 1. The molecule has 0 spiro atoms. The van der Waals surface area contributed by atoms with E-state index in [1.165, 1.54) is 10.9 Å². The van der Waals surface area contributed by atoms with Crippen molar-refractivity contribution in [2.24, 2.45) is 0 Å². The fraction of sp³-hybridized carbons (Fsp3) is 0.211. The number of amides is 1. The number of aromatic nitrogens is 1. The van der Waals surface area contributed by atoms with Crippen LogP contribution in [0.2, 0.25) is 0 Å². The molecule has 1 fully saturated rings. The van der Waals surface area contributed by atoms with Crippen molar-refractivity contribution in [3.05, 3.63) is 66.4 Å². The van der Waals surface area contributed by atoms with Crippen LogP contribution in [-0.2, 0) is 0 Å². The Labute approximate surface area is 147 Å². The van der Waals surface area contributed by atoms with Crippen molar-refractivity contribution in [3.8, 4) is 5.69 Å². The minimum Gasteiger partial charge on any atom is -0.336 e. The maximum Gasteiger partial charge on any atom is 0.253 e. The van der Waals surface area contributed by atoms with E-state index in [0.717, 1.165) is 37.4 Å². The lowest BCUT2D eigenvalue weighted by Crippen LogP contribution is -2.46. The first-order valence-electron chi connectivity index (χ1n) is 7.99. The Balaban J connectivity index is 0.00000169. The number of benzene rings is 2. The predicted octanol–water partition coefficient (Wildman–Crippen LogP) is 3.10. The van der Waals surface area contributed by atoms with E-state index in [-0.39, 0.29) is 18.3 Å². The first-order chi connectivity index (χ1) is 11.3. The lowest BCUT2D eigenvalue weighted by atomic mass is 10.1. The van der Waals surface area contributed by atoms with Crippen LogP contribution in [0.5, 0.6) is 0 Å². The lowest BCUT2D eigenvalue weighted by Gasteiger charge is -2.27. The third-order valence-corrected chi connectivity index (χ3v) is 4.40. The molecule has 5 heteroatoms. The van der Waals surface area contributed by atoms with Gasteiger partial charge >= 0.3 is 0 Å². The predicted molar refractivity (Wildman–Crippen MR) is 99.3 cm³/mol. The Morgan fingerprint density at radius 1 is 0.917 bits per heavy atom. The molecule has 2 aromatic carbocycles. The SMILES string of the molecule is Cl.O=C(c1ccc(-n2ccc3ccccc32)cc1)N1CCNCC1. The van der Waals surface area contributed by atoms with Crippen molar-refractivity contribution in [2.45, 2.75) is 0 Å². The Morgan fingerprint density at radius 2 is 1.62 bits per heavy atom. The van der Waals surface area contributed by atoms with Crippen LogP contribution in [-0.4, -0.2) is 41.6 Å². The molecule has 4 nitrogen and oxygen atoms in total. The fourth-order valence-electron chi connectivity index (χ4n) is 3.12. The molecule has 4 rings (SSSR count). The number of carbonyl (C=O) groups is 1. The van der Waals surface area contributed by atoms with E-state index < -0.39 is 0 Å². The van der Waals surface area contributed by atoms with Gasteiger partial charge in [-0.15, -0.1) is 12.4 Å². The highest BCUT2D eigenvalue weighted by Gasteiger charge is 2.17. The summed E-state index contributed by atoms with van der Waals surface area (Å²) in [5, 5.41) is 4.48. The average molecular weight is 342 g/mol. The van der Waals surface area contributed by atoms with Crippen molar-refractivity contribution in [2.75, 3.05) is 26.2 Å². The third kappa shape index (κ3) is 3.03. The molecule has 1 aromatic heterocycles. The summed E-state index contributed by atoms with van der Waals surface area (Å²) < 4.78 is 2.15. The summed E-state index contributed by atoms with van der Waals surface area (Å²) >= 11 is 0. The molecule has 1 aliphatic rings. The van der Waals surface area contributed by atoms with Gasteiger partial charge in [0, 0.05) is 43.6 Å². The van der Waals surface area contributed by atoms with E-state index >= 15 is 0 Å². The lowest BCUT2D eigenvalue weighted by molar-refractivity contribution is 0.0736. The number of halogens is 1. The second kappa shape index (κ2) is 7.07. The number of nitrogens with one attached hydrogen (secondary N) is 1. The maximum absolute atomic E-state index is 12.5. The Hall–Kier alpha value is -2.30. The molecule has 124 valence electrons. The molecule has 0 aliphatic carbocycles. The van der Waals surface area contributed by atoms with Crippen LogP contribution >= 0.6 is 12.4 Å². The van der Waals surface area contributed by atoms with Crippen LogP contribution in [0, 0.1) is 0 Å². The van der Waals surface area contributed by atoms with E-state index in [4.69, 9.17) is 0 Å². The van der Waals surface area contributed by atoms with Gasteiger partial charge in [0.1, 0.15) is 0 Å². The average Bonchev–Trinajstić information content (AvgIpc) is 3.06. The minimum atomic E-state index is 0. The van der Waals surface area contributed by atoms with Crippen LogP contribution in [0.3, 0.4) is 0 Å². The number of hydrogen-bond donors (Lipinski definition) is 1. The molecule has 3 aromatic rings. The van der Waals surface area contributed by atoms with E-state index in [2.05, 4.69) is 34.3 Å². The van der Waals surface area contributed by atoms with Gasteiger partial charge in [-0.25, -0.2) is 0 Å². The Morgan fingerprint density at radius 3 is 2.38 bits per heavy atom. The maximum atomic E-state index is 12.5. The van der Waals surface area contributed by atoms with Crippen LogP contribution in [0.15, 0.2) is 60.8 Å². The van der Waals surface area contributed by atoms with Crippen LogP contribution < -0.4 is 5.32 Å². The summed E-state index contributed by atoms with van der Waals surface area (Å²) in [6.07, 6.45) is 2.07. The van der Waals surface area contributed by atoms with E-state index in [1.807, 2.05) is 41.3 Å². The summed E-state index contributed by atoms with van der Waals surface area (Å²) in [7, 11) is 0. The minimum absolute atomic E-state index is 0. The van der Waals surface area contributed by atoms with Crippen molar-refractivity contribution >= 4 is 29.2 Å². The molecular weight excluding hydrogens is 322 g/mol. The van der Waals surface area contributed by atoms with Crippen molar-refractivity contribution in [3.63, 3.8) is 0 Å². The van der Waals surface area contributed by atoms with Crippen LogP contribution in [0.4, 0.5) is 0 Å². The monoisotopic (exact) mass is 341 g/mol. The molecule has 1 aliphatic heterocycles. The summed E-state index contributed by atoms with van der Waals surface area (Å²) in [5.74, 6) is 0.121.